The first-order chi connectivity index (χ1) is 12.4. The molecule has 0 aromatic heterocycles. The van der Waals surface area contributed by atoms with Crippen LogP contribution in [0.1, 0.15) is 11.1 Å². The minimum Gasteiger partial charge on any atom is -0.337 e. The van der Waals surface area contributed by atoms with Gasteiger partial charge in [0.25, 0.3) is 10.2 Å². The average Bonchev–Trinajstić information content (AvgIpc) is 2.59. The zero-order valence-electron chi connectivity index (χ0n) is 14.7. The van der Waals surface area contributed by atoms with Crippen molar-refractivity contribution in [3.63, 3.8) is 0 Å². The molecular formula is C16H19ClF3N3O3S. The second-order valence-electron chi connectivity index (χ2n) is 6.08. The van der Waals surface area contributed by atoms with Gasteiger partial charge in [0.2, 0.25) is 5.91 Å². The molecule has 11 heteroatoms. The highest BCUT2D eigenvalue weighted by Crippen LogP contribution is 2.35. The third-order valence-corrected chi connectivity index (χ3v) is 6.32. The number of halogens is 4. The number of amides is 1. The molecule has 2 rings (SSSR count). The molecule has 0 unspecified atom stereocenters. The van der Waals surface area contributed by atoms with Gasteiger partial charge in [-0.05, 0) is 23.8 Å². The smallest absolute Gasteiger partial charge is 0.337 e. The summed E-state index contributed by atoms with van der Waals surface area (Å²) in [5.74, 6) is -0.402. The molecule has 0 aliphatic carbocycles. The minimum atomic E-state index is -4.58. The summed E-state index contributed by atoms with van der Waals surface area (Å²) in [5, 5.41) is -0.413. The fraction of sp³-hybridized carbons (Fsp3) is 0.438. The third-order valence-electron chi connectivity index (χ3n) is 4.05. The molecule has 1 saturated heterocycles. The van der Waals surface area contributed by atoms with E-state index in [0.29, 0.717) is 0 Å². The van der Waals surface area contributed by atoms with Crippen molar-refractivity contribution in [1.29, 1.82) is 0 Å². The molecule has 27 heavy (non-hydrogen) atoms. The van der Waals surface area contributed by atoms with Gasteiger partial charge in [-0.2, -0.15) is 30.2 Å². The maximum absolute atomic E-state index is 12.9. The van der Waals surface area contributed by atoms with Gasteiger partial charge in [-0.3, -0.25) is 4.79 Å². The van der Waals surface area contributed by atoms with Crippen LogP contribution in [0.3, 0.4) is 0 Å². The van der Waals surface area contributed by atoms with Gasteiger partial charge >= 0.3 is 6.18 Å². The van der Waals surface area contributed by atoms with Crippen LogP contribution in [0.15, 0.2) is 24.3 Å². The Morgan fingerprint density at radius 3 is 2.30 bits per heavy atom. The molecule has 1 aromatic rings. The first kappa shape index (κ1) is 21.7. The fourth-order valence-electron chi connectivity index (χ4n) is 2.51. The standard InChI is InChI=1S/C16H19ClF3N3O3S/c1-21(2)27(25,26)23-9-7-22(8-10-23)15(24)6-4-12-3-5-14(17)13(11-12)16(18,19)20/h3-6,11H,7-10H2,1-2H3. The van der Waals surface area contributed by atoms with Crippen LogP contribution in [0, 0.1) is 0 Å². The van der Waals surface area contributed by atoms with Gasteiger partial charge < -0.3 is 4.90 Å². The monoisotopic (exact) mass is 425 g/mol. The summed E-state index contributed by atoms with van der Waals surface area (Å²) in [6, 6.07) is 3.37. The molecule has 1 aromatic carbocycles. The predicted molar refractivity (Wildman–Crippen MR) is 96.2 cm³/mol. The SMILES string of the molecule is CN(C)S(=O)(=O)N1CCN(C(=O)C=Cc2ccc(Cl)c(C(F)(F)F)c2)CC1. The van der Waals surface area contributed by atoms with Gasteiger partial charge in [0.15, 0.2) is 0 Å². The Labute approximate surface area is 161 Å². The normalized spacial score (nSPS) is 17.1. The molecule has 1 fully saturated rings. The van der Waals surface area contributed by atoms with E-state index in [9.17, 15) is 26.4 Å². The second kappa shape index (κ2) is 8.17. The fourth-order valence-corrected chi connectivity index (χ4v) is 3.82. The molecule has 1 aliphatic heterocycles. The number of benzene rings is 1. The van der Waals surface area contributed by atoms with Crippen LogP contribution >= 0.6 is 11.6 Å². The van der Waals surface area contributed by atoms with Crippen LogP contribution in [-0.4, -0.2) is 68.1 Å². The van der Waals surface area contributed by atoms with E-state index in [1.54, 1.807) is 0 Å². The van der Waals surface area contributed by atoms with Gasteiger partial charge in [0, 0.05) is 46.4 Å². The maximum Gasteiger partial charge on any atom is 0.417 e. The number of nitrogens with zero attached hydrogens (tertiary/aromatic N) is 3. The van der Waals surface area contributed by atoms with E-state index in [1.165, 1.54) is 41.5 Å². The van der Waals surface area contributed by atoms with Crippen LogP contribution in [0.5, 0.6) is 0 Å². The lowest BCUT2D eigenvalue weighted by molar-refractivity contribution is -0.137. The number of hydrogen-bond acceptors (Lipinski definition) is 3. The minimum absolute atomic E-state index is 0.152. The van der Waals surface area contributed by atoms with E-state index in [0.717, 1.165) is 16.4 Å². The van der Waals surface area contributed by atoms with Crippen LogP contribution in [-0.2, 0) is 21.2 Å². The number of carbonyl (C=O) groups is 1. The lowest BCUT2D eigenvalue weighted by Crippen LogP contribution is -2.52. The summed E-state index contributed by atoms with van der Waals surface area (Å²) < 4.78 is 65.1. The third kappa shape index (κ3) is 5.22. The molecule has 150 valence electrons. The maximum atomic E-state index is 12.9. The quantitative estimate of drug-likeness (QED) is 0.696. The topological polar surface area (TPSA) is 60.9 Å². The van der Waals surface area contributed by atoms with Crippen LogP contribution < -0.4 is 0 Å². The summed E-state index contributed by atoms with van der Waals surface area (Å²) in [7, 11) is -0.681. The molecule has 1 heterocycles. The molecule has 0 atom stereocenters. The van der Waals surface area contributed by atoms with E-state index in [4.69, 9.17) is 11.6 Å². The Morgan fingerprint density at radius 2 is 1.78 bits per heavy atom. The number of piperazine rings is 1. The lowest BCUT2D eigenvalue weighted by atomic mass is 10.1. The molecule has 0 radical (unpaired) electrons. The van der Waals surface area contributed by atoms with Crippen LogP contribution in [0.4, 0.5) is 13.2 Å². The van der Waals surface area contributed by atoms with Crippen molar-refractivity contribution in [2.75, 3.05) is 40.3 Å². The Bertz CT molecular complexity index is 833. The zero-order chi connectivity index (χ0) is 20.4. The van der Waals surface area contributed by atoms with Gasteiger partial charge in [-0.25, -0.2) is 0 Å². The Balaban J connectivity index is 2.03. The largest absolute Gasteiger partial charge is 0.417 e. The van der Waals surface area contributed by atoms with Gasteiger partial charge in [0.05, 0.1) is 10.6 Å². The van der Waals surface area contributed by atoms with Crippen molar-refractivity contribution in [3.8, 4) is 0 Å². The lowest BCUT2D eigenvalue weighted by Gasteiger charge is -2.34. The highest BCUT2D eigenvalue weighted by Gasteiger charge is 2.33. The molecule has 0 spiro atoms. The molecule has 0 bridgehead atoms. The van der Waals surface area contributed by atoms with Crippen LogP contribution in [0.2, 0.25) is 5.02 Å². The highest BCUT2D eigenvalue weighted by molar-refractivity contribution is 7.86. The molecular weight excluding hydrogens is 407 g/mol. The summed E-state index contributed by atoms with van der Waals surface area (Å²) in [6.07, 6.45) is -2.14. The van der Waals surface area contributed by atoms with Crippen molar-refractivity contribution >= 4 is 33.8 Å². The predicted octanol–water partition coefficient (Wildman–Crippen LogP) is 2.32. The number of rotatable bonds is 4. The Hall–Kier alpha value is -1.62. The summed E-state index contributed by atoms with van der Waals surface area (Å²) in [4.78, 5) is 13.7. The van der Waals surface area contributed by atoms with Gasteiger partial charge in [-0.1, -0.05) is 17.7 Å². The van der Waals surface area contributed by atoms with Gasteiger partial charge in [-0.15, -0.1) is 0 Å². The van der Waals surface area contributed by atoms with Crippen LogP contribution in [0.25, 0.3) is 6.08 Å². The highest BCUT2D eigenvalue weighted by atomic mass is 35.5. The van der Waals surface area contributed by atoms with E-state index < -0.39 is 32.9 Å². The van der Waals surface area contributed by atoms with E-state index >= 15 is 0 Å². The molecule has 1 aliphatic rings. The number of carbonyl (C=O) groups excluding carboxylic acids is 1. The summed E-state index contributed by atoms with van der Waals surface area (Å²) >= 11 is 5.56. The first-order valence-corrected chi connectivity index (χ1v) is 9.72. The van der Waals surface area contributed by atoms with Crippen molar-refractivity contribution in [3.05, 3.63) is 40.4 Å². The van der Waals surface area contributed by atoms with Crippen molar-refractivity contribution in [2.45, 2.75) is 6.18 Å². The Kier molecular flexibility index (Phi) is 6.56. The van der Waals surface area contributed by atoms with Crippen molar-refractivity contribution in [1.82, 2.24) is 13.5 Å². The number of hydrogen-bond donors (Lipinski definition) is 0. The first-order valence-electron chi connectivity index (χ1n) is 7.94. The summed E-state index contributed by atoms with van der Waals surface area (Å²) in [6.45, 7) is 0.702. The molecule has 0 saturated carbocycles. The van der Waals surface area contributed by atoms with Crippen molar-refractivity contribution < 1.29 is 26.4 Å². The second-order valence-corrected chi connectivity index (χ2v) is 8.63. The zero-order valence-corrected chi connectivity index (χ0v) is 16.3. The van der Waals surface area contributed by atoms with Crippen molar-refractivity contribution in [2.24, 2.45) is 0 Å². The summed E-state index contributed by atoms with van der Waals surface area (Å²) in [5.41, 5.74) is -0.782. The molecule has 6 nitrogen and oxygen atoms in total. The van der Waals surface area contributed by atoms with E-state index in [2.05, 4.69) is 0 Å². The van der Waals surface area contributed by atoms with Gasteiger partial charge in [0.1, 0.15) is 0 Å². The average molecular weight is 426 g/mol. The Morgan fingerprint density at radius 1 is 1.19 bits per heavy atom. The van der Waals surface area contributed by atoms with E-state index in [1.807, 2.05) is 0 Å². The molecule has 1 amide bonds. The van der Waals surface area contributed by atoms with E-state index in [-0.39, 0.29) is 31.7 Å². The number of alkyl halides is 3. The molecule has 0 N–H and O–H groups in total.